The third-order valence-electron chi connectivity index (χ3n) is 3.86. The fourth-order valence-electron chi connectivity index (χ4n) is 2.86. The van der Waals surface area contributed by atoms with Crippen LogP contribution in [-0.2, 0) is 6.42 Å². The normalized spacial score (nSPS) is 24.1. The SMILES string of the molecule is Cc1cccc(CCNC2CCCC2CN)c1. The maximum atomic E-state index is 5.79. The maximum Gasteiger partial charge on any atom is 0.0107 e. The van der Waals surface area contributed by atoms with E-state index in [2.05, 4.69) is 36.5 Å². The second kappa shape index (κ2) is 6.18. The van der Waals surface area contributed by atoms with E-state index in [9.17, 15) is 0 Å². The molecule has 94 valence electrons. The lowest BCUT2D eigenvalue weighted by Crippen LogP contribution is -2.37. The molecular formula is C15H24N2. The molecule has 1 aromatic carbocycles. The van der Waals surface area contributed by atoms with Crippen LogP contribution < -0.4 is 11.1 Å². The molecule has 0 spiro atoms. The molecular weight excluding hydrogens is 208 g/mol. The smallest absolute Gasteiger partial charge is 0.0107 e. The van der Waals surface area contributed by atoms with Crippen molar-refractivity contribution in [2.75, 3.05) is 13.1 Å². The molecule has 2 rings (SSSR count). The Hall–Kier alpha value is -0.860. The van der Waals surface area contributed by atoms with Gasteiger partial charge in [0.15, 0.2) is 0 Å². The molecule has 1 aliphatic rings. The third-order valence-corrected chi connectivity index (χ3v) is 3.86. The Balaban J connectivity index is 1.76. The Morgan fingerprint density at radius 2 is 2.24 bits per heavy atom. The van der Waals surface area contributed by atoms with Gasteiger partial charge in [-0.05, 0) is 50.8 Å². The minimum atomic E-state index is 0.657. The van der Waals surface area contributed by atoms with Gasteiger partial charge in [0.1, 0.15) is 0 Å². The van der Waals surface area contributed by atoms with Crippen LogP contribution in [0.3, 0.4) is 0 Å². The molecule has 0 aliphatic heterocycles. The van der Waals surface area contributed by atoms with Crippen LogP contribution >= 0.6 is 0 Å². The summed E-state index contributed by atoms with van der Waals surface area (Å²) in [6.45, 7) is 4.06. The Bertz CT molecular complexity index is 349. The van der Waals surface area contributed by atoms with Crippen LogP contribution in [0.25, 0.3) is 0 Å². The zero-order chi connectivity index (χ0) is 12.1. The number of hydrogen-bond acceptors (Lipinski definition) is 2. The summed E-state index contributed by atoms with van der Waals surface area (Å²) >= 11 is 0. The van der Waals surface area contributed by atoms with E-state index in [1.165, 1.54) is 30.4 Å². The van der Waals surface area contributed by atoms with Crippen LogP contribution in [0.5, 0.6) is 0 Å². The molecule has 0 bridgehead atoms. The van der Waals surface area contributed by atoms with Crippen molar-refractivity contribution in [3.8, 4) is 0 Å². The van der Waals surface area contributed by atoms with Gasteiger partial charge < -0.3 is 11.1 Å². The molecule has 1 saturated carbocycles. The average Bonchev–Trinajstić information content (AvgIpc) is 2.77. The molecule has 1 aliphatic carbocycles. The molecule has 0 aromatic heterocycles. The highest BCUT2D eigenvalue weighted by atomic mass is 14.9. The second-order valence-corrected chi connectivity index (χ2v) is 5.23. The fourth-order valence-corrected chi connectivity index (χ4v) is 2.86. The van der Waals surface area contributed by atoms with E-state index in [1.807, 2.05) is 0 Å². The Labute approximate surface area is 105 Å². The highest BCUT2D eigenvalue weighted by Crippen LogP contribution is 2.24. The number of benzene rings is 1. The van der Waals surface area contributed by atoms with Crippen molar-refractivity contribution in [1.82, 2.24) is 5.32 Å². The van der Waals surface area contributed by atoms with Crippen molar-refractivity contribution in [3.05, 3.63) is 35.4 Å². The lowest BCUT2D eigenvalue weighted by molar-refractivity contribution is 0.410. The second-order valence-electron chi connectivity index (χ2n) is 5.23. The molecule has 2 nitrogen and oxygen atoms in total. The first kappa shape index (κ1) is 12.6. The van der Waals surface area contributed by atoms with E-state index < -0.39 is 0 Å². The lowest BCUT2D eigenvalue weighted by atomic mass is 10.0. The predicted molar refractivity (Wildman–Crippen MR) is 73.1 cm³/mol. The number of rotatable bonds is 5. The van der Waals surface area contributed by atoms with E-state index in [-0.39, 0.29) is 0 Å². The van der Waals surface area contributed by atoms with E-state index in [1.54, 1.807) is 0 Å². The topological polar surface area (TPSA) is 38.0 Å². The monoisotopic (exact) mass is 232 g/mol. The minimum Gasteiger partial charge on any atom is -0.330 e. The van der Waals surface area contributed by atoms with Crippen LogP contribution in [0.1, 0.15) is 30.4 Å². The van der Waals surface area contributed by atoms with Gasteiger partial charge in [-0.1, -0.05) is 36.2 Å². The minimum absolute atomic E-state index is 0.657. The molecule has 1 fully saturated rings. The van der Waals surface area contributed by atoms with Gasteiger partial charge in [-0.15, -0.1) is 0 Å². The zero-order valence-corrected chi connectivity index (χ0v) is 10.8. The first-order valence-electron chi connectivity index (χ1n) is 6.78. The number of nitrogens with one attached hydrogen (secondary N) is 1. The van der Waals surface area contributed by atoms with Crippen LogP contribution in [0, 0.1) is 12.8 Å². The molecule has 0 saturated heterocycles. The maximum absolute atomic E-state index is 5.79. The van der Waals surface area contributed by atoms with E-state index in [0.717, 1.165) is 19.5 Å². The largest absolute Gasteiger partial charge is 0.330 e. The molecule has 1 aromatic rings. The quantitative estimate of drug-likeness (QED) is 0.817. The molecule has 0 radical (unpaired) electrons. The molecule has 3 N–H and O–H groups in total. The van der Waals surface area contributed by atoms with Crippen LogP contribution in [-0.4, -0.2) is 19.1 Å². The number of nitrogens with two attached hydrogens (primary N) is 1. The van der Waals surface area contributed by atoms with Crippen LogP contribution in [0.15, 0.2) is 24.3 Å². The van der Waals surface area contributed by atoms with Crippen LogP contribution in [0.2, 0.25) is 0 Å². The van der Waals surface area contributed by atoms with E-state index >= 15 is 0 Å². The number of hydrogen-bond donors (Lipinski definition) is 2. The molecule has 2 unspecified atom stereocenters. The van der Waals surface area contributed by atoms with Gasteiger partial charge in [-0.25, -0.2) is 0 Å². The summed E-state index contributed by atoms with van der Waals surface area (Å²) in [6, 6.07) is 9.44. The zero-order valence-electron chi connectivity index (χ0n) is 10.8. The van der Waals surface area contributed by atoms with E-state index in [4.69, 9.17) is 5.73 Å². The van der Waals surface area contributed by atoms with Crippen molar-refractivity contribution >= 4 is 0 Å². The molecule has 0 heterocycles. The Kier molecular flexibility index (Phi) is 4.57. The van der Waals surface area contributed by atoms with Gasteiger partial charge in [-0.3, -0.25) is 0 Å². The van der Waals surface area contributed by atoms with Gasteiger partial charge in [0.2, 0.25) is 0 Å². The summed E-state index contributed by atoms with van der Waals surface area (Å²) in [6.07, 6.45) is 5.06. The van der Waals surface area contributed by atoms with Gasteiger partial charge in [0, 0.05) is 6.04 Å². The van der Waals surface area contributed by atoms with Crippen molar-refractivity contribution in [2.45, 2.75) is 38.6 Å². The summed E-state index contributed by atoms with van der Waals surface area (Å²) < 4.78 is 0. The summed E-state index contributed by atoms with van der Waals surface area (Å²) in [5.41, 5.74) is 8.57. The Morgan fingerprint density at radius 1 is 1.35 bits per heavy atom. The molecule has 2 heteroatoms. The predicted octanol–water partition coefficient (Wildman–Crippen LogP) is 2.25. The first-order chi connectivity index (χ1) is 8.29. The van der Waals surface area contributed by atoms with Crippen LogP contribution in [0.4, 0.5) is 0 Å². The van der Waals surface area contributed by atoms with Crippen molar-refractivity contribution in [1.29, 1.82) is 0 Å². The lowest BCUT2D eigenvalue weighted by Gasteiger charge is -2.19. The fraction of sp³-hybridized carbons (Fsp3) is 0.600. The van der Waals surface area contributed by atoms with Crippen molar-refractivity contribution in [2.24, 2.45) is 11.7 Å². The highest BCUT2D eigenvalue weighted by Gasteiger charge is 2.24. The summed E-state index contributed by atoms with van der Waals surface area (Å²) in [7, 11) is 0. The average molecular weight is 232 g/mol. The van der Waals surface area contributed by atoms with Gasteiger partial charge in [0.05, 0.1) is 0 Å². The third kappa shape index (κ3) is 3.55. The molecule has 2 atom stereocenters. The number of aryl methyl sites for hydroxylation is 1. The van der Waals surface area contributed by atoms with Crippen molar-refractivity contribution < 1.29 is 0 Å². The van der Waals surface area contributed by atoms with Gasteiger partial charge >= 0.3 is 0 Å². The standard InChI is InChI=1S/C15H24N2/c1-12-4-2-5-13(10-12)8-9-17-15-7-3-6-14(15)11-16/h2,4-5,10,14-15,17H,3,6-9,11,16H2,1H3. The van der Waals surface area contributed by atoms with Gasteiger partial charge in [0.25, 0.3) is 0 Å². The first-order valence-corrected chi connectivity index (χ1v) is 6.78. The van der Waals surface area contributed by atoms with Gasteiger partial charge in [-0.2, -0.15) is 0 Å². The Morgan fingerprint density at radius 3 is 3.00 bits per heavy atom. The molecule has 17 heavy (non-hydrogen) atoms. The highest BCUT2D eigenvalue weighted by molar-refractivity contribution is 5.22. The van der Waals surface area contributed by atoms with Crippen molar-refractivity contribution in [3.63, 3.8) is 0 Å². The summed E-state index contributed by atoms with van der Waals surface area (Å²) in [4.78, 5) is 0. The summed E-state index contributed by atoms with van der Waals surface area (Å²) in [5, 5.41) is 3.67. The molecule has 0 amide bonds. The van der Waals surface area contributed by atoms with E-state index in [0.29, 0.717) is 12.0 Å². The summed E-state index contributed by atoms with van der Waals surface area (Å²) in [5.74, 6) is 0.701.